The van der Waals surface area contributed by atoms with Crippen LogP contribution in [0.25, 0.3) is 0 Å². The summed E-state index contributed by atoms with van der Waals surface area (Å²) in [6.45, 7) is 3.63. The molecule has 0 saturated carbocycles. The molecule has 0 aromatic rings. The summed E-state index contributed by atoms with van der Waals surface area (Å²) in [6, 6.07) is 0. The van der Waals surface area contributed by atoms with Gasteiger partial charge < -0.3 is 14.6 Å². The average molecular weight is 146 g/mol. The smallest absolute Gasteiger partial charge is 0.0831 e. The number of hydrogen-bond donors (Lipinski definition) is 1. The minimum Gasteiger partial charge on any atom is -0.391 e. The molecule has 0 aromatic heterocycles. The van der Waals surface area contributed by atoms with Crippen molar-refractivity contribution >= 4 is 0 Å². The summed E-state index contributed by atoms with van der Waals surface area (Å²) in [6.07, 6.45) is 0.822. The molecule has 60 valence electrons. The van der Waals surface area contributed by atoms with Crippen LogP contribution >= 0.6 is 0 Å². The summed E-state index contributed by atoms with van der Waals surface area (Å²) in [5, 5.41) is 8.85. The Kier molecular flexibility index (Phi) is 3.12. The Morgan fingerprint density at radius 3 is 3.10 bits per heavy atom. The Bertz CT molecular complexity index is 86.9. The Labute approximate surface area is 60.9 Å². The van der Waals surface area contributed by atoms with E-state index in [4.69, 9.17) is 14.6 Å². The summed E-state index contributed by atoms with van der Waals surface area (Å²) >= 11 is 0. The molecule has 3 nitrogen and oxygen atoms in total. The maximum Gasteiger partial charge on any atom is 0.0831 e. The van der Waals surface area contributed by atoms with E-state index in [0.717, 1.165) is 13.0 Å². The maximum atomic E-state index is 8.85. The van der Waals surface area contributed by atoms with Crippen LogP contribution in [0.5, 0.6) is 0 Å². The standard InChI is InChI=1S/C7H14O3/c1-6(8)4-10-7-2-3-9-5-7/h6-8H,2-5H2,1H3/t6-,7+/m1/s1. The third-order valence-corrected chi connectivity index (χ3v) is 1.46. The summed E-state index contributed by atoms with van der Waals surface area (Å²) < 4.78 is 10.4. The first-order valence-electron chi connectivity index (χ1n) is 3.66. The lowest BCUT2D eigenvalue weighted by Crippen LogP contribution is -2.19. The molecule has 1 N–H and O–H groups in total. The van der Waals surface area contributed by atoms with Crippen LogP contribution in [0, 0.1) is 0 Å². The van der Waals surface area contributed by atoms with Crippen LogP contribution in [0.4, 0.5) is 0 Å². The Balaban J connectivity index is 2.01. The molecule has 1 saturated heterocycles. The normalized spacial score (nSPS) is 28.8. The predicted molar refractivity (Wildman–Crippen MR) is 36.9 cm³/mol. The van der Waals surface area contributed by atoms with Crippen molar-refractivity contribution in [2.24, 2.45) is 0 Å². The Morgan fingerprint density at radius 2 is 2.60 bits per heavy atom. The zero-order chi connectivity index (χ0) is 7.40. The van der Waals surface area contributed by atoms with Gasteiger partial charge in [-0.05, 0) is 13.3 Å². The quantitative estimate of drug-likeness (QED) is 0.617. The first-order valence-corrected chi connectivity index (χ1v) is 3.66. The number of aliphatic hydroxyl groups excluding tert-OH is 1. The lowest BCUT2D eigenvalue weighted by Gasteiger charge is -2.10. The first kappa shape index (κ1) is 7.98. The van der Waals surface area contributed by atoms with Gasteiger partial charge in [-0.2, -0.15) is 0 Å². The van der Waals surface area contributed by atoms with Crippen LogP contribution in [0.3, 0.4) is 0 Å². The Hall–Kier alpha value is -0.120. The summed E-state index contributed by atoms with van der Waals surface area (Å²) in [4.78, 5) is 0. The van der Waals surface area contributed by atoms with Gasteiger partial charge in [0.15, 0.2) is 0 Å². The monoisotopic (exact) mass is 146 g/mol. The fourth-order valence-electron chi connectivity index (χ4n) is 0.920. The van der Waals surface area contributed by atoms with Crippen molar-refractivity contribution in [2.75, 3.05) is 19.8 Å². The van der Waals surface area contributed by atoms with E-state index in [1.807, 2.05) is 0 Å². The van der Waals surface area contributed by atoms with Gasteiger partial charge in [0.05, 0.1) is 25.4 Å². The molecule has 0 aromatic carbocycles. The van der Waals surface area contributed by atoms with Crippen molar-refractivity contribution in [2.45, 2.75) is 25.6 Å². The number of ether oxygens (including phenoxy) is 2. The van der Waals surface area contributed by atoms with Gasteiger partial charge in [0.1, 0.15) is 0 Å². The third kappa shape index (κ3) is 2.64. The maximum absolute atomic E-state index is 8.85. The lowest BCUT2D eigenvalue weighted by atomic mass is 10.3. The van der Waals surface area contributed by atoms with Crippen LogP contribution in [-0.2, 0) is 9.47 Å². The van der Waals surface area contributed by atoms with Crippen molar-refractivity contribution in [3.63, 3.8) is 0 Å². The van der Waals surface area contributed by atoms with Gasteiger partial charge in [0.25, 0.3) is 0 Å². The Morgan fingerprint density at radius 1 is 1.80 bits per heavy atom. The van der Waals surface area contributed by atoms with Crippen LogP contribution < -0.4 is 0 Å². The molecule has 1 rings (SSSR count). The molecule has 1 aliphatic rings. The van der Waals surface area contributed by atoms with E-state index in [9.17, 15) is 0 Å². The molecule has 0 amide bonds. The van der Waals surface area contributed by atoms with E-state index >= 15 is 0 Å². The minimum atomic E-state index is -0.361. The van der Waals surface area contributed by atoms with Crippen molar-refractivity contribution < 1.29 is 14.6 Å². The van der Waals surface area contributed by atoms with Gasteiger partial charge in [-0.1, -0.05) is 0 Å². The van der Waals surface area contributed by atoms with Crippen LogP contribution in [-0.4, -0.2) is 37.1 Å². The molecule has 0 unspecified atom stereocenters. The van der Waals surface area contributed by atoms with Crippen LogP contribution in [0.1, 0.15) is 13.3 Å². The number of hydrogen-bond acceptors (Lipinski definition) is 3. The van der Waals surface area contributed by atoms with Crippen molar-refractivity contribution in [1.29, 1.82) is 0 Å². The average Bonchev–Trinajstić information content (AvgIpc) is 2.34. The molecule has 0 aliphatic carbocycles. The third-order valence-electron chi connectivity index (χ3n) is 1.46. The first-order chi connectivity index (χ1) is 4.79. The molecule has 0 spiro atoms. The van der Waals surface area contributed by atoms with Gasteiger partial charge >= 0.3 is 0 Å². The SMILES string of the molecule is C[C@@H](O)CO[C@H]1CCOC1. The van der Waals surface area contributed by atoms with E-state index in [0.29, 0.717) is 13.2 Å². The van der Waals surface area contributed by atoms with Crippen molar-refractivity contribution in [1.82, 2.24) is 0 Å². The van der Waals surface area contributed by atoms with Crippen LogP contribution in [0.15, 0.2) is 0 Å². The molecule has 1 fully saturated rings. The molecular formula is C7H14O3. The molecule has 3 heteroatoms. The lowest BCUT2D eigenvalue weighted by molar-refractivity contribution is -0.00602. The highest BCUT2D eigenvalue weighted by molar-refractivity contribution is 4.63. The van der Waals surface area contributed by atoms with Gasteiger partial charge in [0.2, 0.25) is 0 Å². The number of aliphatic hydroxyl groups is 1. The zero-order valence-corrected chi connectivity index (χ0v) is 6.25. The van der Waals surface area contributed by atoms with Gasteiger partial charge in [-0.3, -0.25) is 0 Å². The topological polar surface area (TPSA) is 38.7 Å². The van der Waals surface area contributed by atoms with E-state index < -0.39 is 0 Å². The van der Waals surface area contributed by atoms with Gasteiger partial charge in [0, 0.05) is 6.61 Å². The van der Waals surface area contributed by atoms with Crippen molar-refractivity contribution in [3.05, 3.63) is 0 Å². The molecule has 1 heterocycles. The second-order valence-corrected chi connectivity index (χ2v) is 2.67. The van der Waals surface area contributed by atoms with Gasteiger partial charge in [-0.15, -0.1) is 0 Å². The molecule has 0 bridgehead atoms. The van der Waals surface area contributed by atoms with Gasteiger partial charge in [-0.25, -0.2) is 0 Å². The molecule has 10 heavy (non-hydrogen) atoms. The highest BCUT2D eigenvalue weighted by Crippen LogP contribution is 2.07. The fraction of sp³-hybridized carbons (Fsp3) is 1.00. The highest BCUT2D eigenvalue weighted by atomic mass is 16.5. The summed E-state index contributed by atoms with van der Waals surface area (Å²) in [7, 11) is 0. The predicted octanol–water partition coefficient (Wildman–Crippen LogP) is 0.173. The molecule has 2 atom stereocenters. The van der Waals surface area contributed by atoms with E-state index in [2.05, 4.69) is 0 Å². The summed E-state index contributed by atoms with van der Waals surface area (Å²) in [5.74, 6) is 0. The molecule has 1 aliphatic heterocycles. The summed E-state index contributed by atoms with van der Waals surface area (Å²) in [5.41, 5.74) is 0. The van der Waals surface area contributed by atoms with E-state index in [1.165, 1.54) is 0 Å². The highest BCUT2D eigenvalue weighted by Gasteiger charge is 2.15. The zero-order valence-electron chi connectivity index (χ0n) is 6.25. The van der Waals surface area contributed by atoms with E-state index in [-0.39, 0.29) is 12.2 Å². The minimum absolute atomic E-state index is 0.217. The van der Waals surface area contributed by atoms with Crippen LogP contribution in [0.2, 0.25) is 0 Å². The second-order valence-electron chi connectivity index (χ2n) is 2.67. The number of rotatable bonds is 3. The molecule has 0 radical (unpaired) electrons. The largest absolute Gasteiger partial charge is 0.391 e. The second kappa shape index (κ2) is 3.91. The van der Waals surface area contributed by atoms with Crippen molar-refractivity contribution in [3.8, 4) is 0 Å². The van der Waals surface area contributed by atoms with E-state index in [1.54, 1.807) is 6.92 Å². The molecular weight excluding hydrogens is 132 g/mol. The fourth-order valence-corrected chi connectivity index (χ4v) is 0.920.